The normalized spacial score (nSPS) is 16.3. The van der Waals surface area contributed by atoms with Gasteiger partial charge >= 0.3 is 10.3 Å². The molecule has 0 radical (unpaired) electrons. The summed E-state index contributed by atoms with van der Waals surface area (Å²) in [4.78, 5) is 0. The molecule has 0 aliphatic rings. The van der Waals surface area contributed by atoms with Crippen LogP contribution in [0.15, 0.2) is 4.36 Å². The average Bonchev–Trinajstić information content (AvgIpc) is 1.89. The minimum atomic E-state index is -3.76. The van der Waals surface area contributed by atoms with Crippen molar-refractivity contribution in [3.8, 4) is 0 Å². The summed E-state index contributed by atoms with van der Waals surface area (Å²) in [6, 6.07) is 0. The molecule has 0 bridgehead atoms. The van der Waals surface area contributed by atoms with E-state index < -0.39 is 10.3 Å². The first-order valence-electron chi connectivity index (χ1n) is 2.90. The highest BCUT2D eigenvalue weighted by Gasteiger charge is 1.98. The number of hydrogen-bond donors (Lipinski definition) is 2. The van der Waals surface area contributed by atoms with E-state index in [1.165, 1.54) is 0 Å². The fourth-order valence-corrected chi connectivity index (χ4v) is 0.769. The first kappa shape index (κ1) is 9.83. The van der Waals surface area contributed by atoms with E-state index in [4.69, 9.17) is 9.81 Å². The second-order valence-corrected chi connectivity index (χ2v) is 3.03. The highest BCUT2D eigenvalue weighted by Crippen LogP contribution is 1.93. The molecule has 0 heterocycles. The minimum absolute atomic E-state index is 0.229. The van der Waals surface area contributed by atoms with E-state index in [0.717, 1.165) is 6.42 Å². The molecular weight excluding hydrogens is 158 g/mol. The van der Waals surface area contributed by atoms with Crippen molar-refractivity contribution in [3.63, 3.8) is 0 Å². The lowest BCUT2D eigenvalue weighted by Gasteiger charge is -1.94. The summed E-state index contributed by atoms with van der Waals surface area (Å²) in [5.41, 5.74) is 0. The van der Waals surface area contributed by atoms with Gasteiger partial charge in [-0.25, -0.2) is 5.26 Å². The first-order chi connectivity index (χ1) is 4.62. The van der Waals surface area contributed by atoms with Crippen LogP contribution in [-0.2, 0) is 14.6 Å². The monoisotopic (exact) mass is 169 g/mol. The van der Waals surface area contributed by atoms with E-state index in [1.807, 2.05) is 6.92 Å². The summed E-state index contributed by atoms with van der Waals surface area (Å²) < 4.78 is 25.2. The molecule has 0 rings (SSSR count). The van der Waals surface area contributed by atoms with Crippen LogP contribution in [0.2, 0.25) is 0 Å². The van der Waals surface area contributed by atoms with Crippen molar-refractivity contribution in [2.24, 2.45) is 4.36 Å². The molecular formula is C4H11NO4S. The molecule has 0 aromatic carbocycles. The molecule has 5 nitrogen and oxygen atoms in total. The summed E-state index contributed by atoms with van der Waals surface area (Å²) in [7, 11) is -3.76. The van der Waals surface area contributed by atoms with Crippen LogP contribution in [0.5, 0.6) is 0 Å². The van der Waals surface area contributed by atoms with Crippen molar-refractivity contribution < 1.29 is 18.4 Å². The van der Waals surface area contributed by atoms with E-state index in [2.05, 4.69) is 8.70 Å². The third kappa shape index (κ3) is 4.68. The fraction of sp³-hybridized carbons (Fsp3) is 1.00. The summed E-state index contributed by atoms with van der Waals surface area (Å²) in [5, 5.41) is 7.77. The lowest BCUT2D eigenvalue weighted by atomic mass is 10.3. The van der Waals surface area contributed by atoms with Gasteiger partial charge in [-0.1, -0.05) is 13.3 Å². The van der Waals surface area contributed by atoms with Crippen molar-refractivity contribution in [1.29, 1.82) is 0 Å². The zero-order valence-corrected chi connectivity index (χ0v) is 6.50. The molecule has 2 N–H and O–H groups in total. The van der Waals surface area contributed by atoms with Gasteiger partial charge in [0.05, 0.1) is 6.54 Å². The third-order valence-corrected chi connectivity index (χ3v) is 1.57. The molecule has 6 heteroatoms. The van der Waals surface area contributed by atoms with Gasteiger partial charge in [0.25, 0.3) is 0 Å². The van der Waals surface area contributed by atoms with E-state index in [0.29, 0.717) is 6.42 Å². The Morgan fingerprint density at radius 1 is 1.70 bits per heavy atom. The van der Waals surface area contributed by atoms with Crippen LogP contribution < -0.4 is 0 Å². The molecule has 0 spiro atoms. The number of nitrogens with zero attached hydrogens (tertiary/aromatic N) is 1. The van der Waals surface area contributed by atoms with Gasteiger partial charge in [0, 0.05) is 0 Å². The predicted molar refractivity (Wildman–Crippen MR) is 36.7 cm³/mol. The Balaban J connectivity index is 3.79. The third-order valence-electron chi connectivity index (χ3n) is 0.863. The highest BCUT2D eigenvalue weighted by molar-refractivity contribution is 7.83. The Morgan fingerprint density at radius 2 is 2.30 bits per heavy atom. The van der Waals surface area contributed by atoms with Crippen molar-refractivity contribution in [1.82, 2.24) is 0 Å². The van der Waals surface area contributed by atoms with Gasteiger partial charge in [-0.2, -0.15) is 8.57 Å². The lowest BCUT2D eigenvalue weighted by Crippen LogP contribution is -2.00. The SMILES string of the molecule is CCCCN=S(=O)(O)OO. The molecule has 1 unspecified atom stereocenters. The molecule has 0 saturated heterocycles. The van der Waals surface area contributed by atoms with Crippen LogP contribution in [0.3, 0.4) is 0 Å². The molecule has 0 fully saturated rings. The molecule has 0 aliphatic carbocycles. The Labute approximate surface area is 60.2 Å². The largest absolute Gasteiger partial charge is 0.316 e. The number of rotatable bonds is 4. The quantitative estimate of drug-likeness (QED) is 0.375. The second kappa shape index (κ2) is 4.62. The molecule has 0 amide bonds. The standard InChI is InChI=1S/C4H11NO4S/c1-2-3-4-5-10(7,8)9-6/h6H,2-4H2,1H3,(H,5,7,8). The minimum Gasteiger partial charge on any atom is -0.278 e. The average molecular weight is 169 g/mol. The molecule has 0 aromatic rings. The molecule has 0 saturated carbocycles. The topological polar surface area (TPSA) is 79.1 Å². The summed E-state index contributed by atoms with van der Waals surface area (Å²) in [6.45, 7) is 2.15. The highest BCUT2D eigenvalue weighted by atomic mass is 32.2. The zero-order valence-electron chi connectivity index (χ0n) is 5.69. The van der Waals surface area contributed by atoms with Crippen LogP contribution >= 0.6 is 0 Å². The van der Waals surface area contributed by atoms with Crippen molar-refractivity contribution in [2.75, 3.05) is 6.54 Å². The maximum atomic E-state index is 10.3. The van der Waals surface area contributed by atoms with Gasteiger partial charge in [-0.3, -0.25) is 4.55 Å². The maximum Gasteiger partial charge on any atom is 0.316 e. The Bertz CT molecular complexity index is 184. The predicted octanol–water partition coefficient (Wildman–Crippen LogP) is 1.13. The van der Waals surface area contributed by atoms with Gasteiger partial charge in [0.1, 0.15) is 0 Å². The van der Waals surface area contributed by atoms with Crippen LogP contribution in [-0.4, -0.2) is 20.6 Å². The smallest absolute Gasteiger partial charge is 0.278 e. The molecule has 0 aliphatic heterocycles. The van der Waals surface area contributed by atoms with E-state index in [-0.39, 0.29) is 6.54 Å². The Kier molecular flexibility index (Phi) is 4.54. The van der Waals surface area contributed by atoms with Crippen LogP contribution in [0, 0.1) is 0 Å². The maximum absolute atomic E-state index is 10.3. The van der Waals surface area contributed by atoms with E-state index in [9.17, 15) is 4.21 Å². The zero-order chi connectivity index (χ0) is 8.04. The molecule has 10 heavy (non-hydrogen) atoms. The molecule has 1 atom stereocenters. The van der Waals surface area contributed by atoms with Gasteiger partial charge in [0.2, 0.25) is 0 Å². The van der Waals surface area contributed by atoms with Crippen molar-refractivity contribution in [2.45, 2.75) is 19.8 Å². The Hall–Kier alpha value is -0.170. The Morgan fingerprint density at radius 3 is 2.70 bits per heavy atom. The summed E-state index contributed by atoms with van der Waals surface area (Å²) in [5.74, 6) is 0. The molecule has 62 valence electrons. The van der Waals surface area contributed by atoms with Gasteiger partial charge in [-0.15, -0.1) is 4.33 Å². The first-order valence-corrected chi connectivity index (χ1v) is 4.30. The van der Waals surface area contributed by atoms with Gasteiger partial charge < -0.3 is 0 Å². The van der Waals surface area contributed by atoms with Crippen LogP contribution in [0.4, 0.5) is 0 Å². The van der Waals surface area contributed by atoms with Crippen LogP contribution in [0.25, 0.3) is 0 Å². The lowest BCUT2D eigenvalue weighted by molar-refractivity contribution is -0.134. The molecule has 0 aromatic heterocycles. The summed E-state index contributed by atoms with van der Waals surface area (Å²) >= 11 is 0. The van der Waals surface area contributed by atoms with Crippen molar-refractivity contribution >= 4 is 10.3 Å². The van der Waals surface area contributed by atoms with Crippen LogP contribution in [0.1, 0.15) is 19.8 Å². The fourth-order valence-electron chi connectivity index (χ4n) is 0.362. The summed E-state index contributed by atoms with van der Waals surface area (Å²) in [6.07, 6.45) is 1.59. The van der Waals surface area contributed by atoms with E-state index in [1.54, 1.807) is 0 Å². The van der Waals surface area contributed by atoms with E-state index >= 15 is 0 Å². The van der Waals surface area contributed by atoms with Gasteiger partial charge in [-0.05, 0) is 6.42 Å². The van der Waals surface area contributed by atoms with Crippen molar-refractivity contribution in [3.05, 3.63) is 0 Å². The second-order valence-electron chi connectivity index (χ2n) is 1.73. The number of unbranched alkanes of at least 4 members (excludes halogenated alkanes) is 1. The number of hydrogen-bond acceptors (Lipinski definition) is 4. The van der Waals surface area contributed by atoms with Gasteiger partial charge in [0.15, 0.2) is 0 Å².